The highest BCUT2D eigenvalue weighted by molar-refractivity contribution is 5.93. The molecule has 0 atom stereocenters. The molecule has 2 N–H and O–H groups in total. The molecule has 2 rings (SSSR count). The van der Waals surface area contributed by atoms with Crippen molar-refractivity contribution in [2.24, 2.45) is 0 Å². The summed E-state index contributed by atoms with van der Waals surface area (Å²) in [6.45, 7) is 0.768. The zero-order chi connectivity index (χ0) is 13.9. The zero-order valence-corrected chi connectivity index (χ0v) is 11.5. The first kappa shape index (κ1) is 13.8. The summed E-state index contributed by atoms with van der Waals surface area (Å²) in [7, 11) is 4.19. The molecule has 1 aromatic rings. The molecule has 1 aliphatic rings. The van der Waals surface area contributed by atoms with E-state index in [2.05, 4.69) is 29.3 Å². The van der Waals surface area contributed by atoms with Crippen LogP contribution < -0.4 is 5.32 Å². The fourth-order valence-corrected chi connectivity index (χ4v) is 2.79. The van der Waals surface area contributed by atoms with Gasteiger partial charge in [-0.15, -0.1) is 0 Å². The van der Waals surface area contributed by atoms with Gasteiger partial charge >= 0.3 is 5.97 Å². The van der Waals surface area contributed by atoms with Crippen molar-refractivity contribution in [1.82, 2.24) is 9.88 Å². The largest absolute Gasteiger partial charge is 0.478 e. The molecule has 1 heterocycles. The normalized spacial score (nSPS) is 17.6. The summed E-state index contributed by atoms with van der Waals surface area (Å²) in [6, 6.07) is 1.72. The summed E-state index contributed by atoms with van der Waals surface area (Å²) in [5.41, 5.74) is 1.02. The number of hydrogen-bond donors (Lipinski definition) is 2. The first-order valence-corrected chi connectivity index (χ1v) is 6.64. The van der Waals surface area contributed by atoms with Crippen molar-refractivity contribution in [3.05, 3.63) is 24.0 Å². The molecule has 5 heteroatoms. The molecule has 1 aliphatic carbocycles. The molecule has 1 saturated carbocycles. The molecule has 5 nitrogen and oxygen atoms in total. The number of anilines is 1. The first-order valence-electron chi connectivity index (χ1n) is 6.64. The molecule has 0 spiro atoms. The Kier molecular flexibility index (Phi) is 4.04. The summed E-state index contributed by atoms with van der Waals surface area (Å²) >= 11 is 0. The quantitative estimate of drug-likeness (QED) is 0.851. The van der Waals surface area contributed by atoms with E-state index in [1.54, 1.807) is 12.3 Å². The molecule has 0 radical (unpaired) electrons. The van der Waals surface area contributed by atoms with Gasteiger partial charge in [-0.1, -0.05) is 12.8 Å². The number of nitrogens with one attached hydrogen (secondary N) is 1. The number of aromatic nitrogens is 1. The monoisotopic (exact) mass is 263 g/mol. The van der Waals surface area contributed by atoms with Crippen LogP contribution in [0.1, 0.15) is 36.0 Å². The summed E-state index contributed by atoms with van der Waals surface area (Å²) in [5, 5.41) is 12.4. The van der Waals surface area contributed by atoms with Crippen LogP contribution >= 0.6 is 0 Å². The van der Waals surface area contributed by atoms with Crippen molar-refractivity contribution in [3.63, 3.8) is 0 Å². The number of carbonyl (C=O) groups is 1. The smallest absolute Gasteiger partial charge is 0.339 e. The van der Waals surface area contributed by atoms with Crippen LogP contribution in [-0.4, -0.2) is 47.1 Å². The molecule has 0 aromatic carbocycles. The average Bonchev–Trinajstić information content (AvgIpc) is 2.86. The van der Waals surface area contributed by atoms with Crippen LogP contribution in [0.15, 0.2) is 18.5 Å². The topological polar surface area (TPSA) is 65.5 Å². The minimum atomic E-state index is -0.944. The standard InChI is InChI=1S/C14H21N3O2/c1-17(2)14(6-3-4-7-14)10-16-12-5-8-15-9-11(12)13(18)19/h5,8-9H,3-4,6-7,10H2,1-2H3,(H,15,16)(H,18,19). The Morgan fingerprint density at radius 1 is 1.47 bits per heavy atom. The van der Waals surface area contributed by atoms with E-state index in [0.717, 1.165) is 19.4 Å². The van der Waals surface area contributed by atoms with E-state index in [1.807, 2.05) is 0 Å². The van der Waals surface area contributed by atoms with E-state index in [-0.39, 0.29) is 11.1 Å². The first-order chi connectivity index (χ1) is 9.05. The highest BCUT2D eigenvalue weighted by Gasteiger charge is 2.35. The Morgan fingerprint density at radius 2 is 2.16 bits per heavy atom. The minimum Gasteiger partial charge on any atom is -0.478 e. The van der Waals surface area contributed by atoms with Crippen LogP contribution in [0, 0.1) is 0 Å². The second-order valence-corrected chi connectivity index (χ2v) is 5.41. The van der Waals surface area contributed by atoms with Gasteiger partial charge in [-0.25, -0.2) is 4.79 Å². The second-order valence-electron chi connectivity index (χ2n) is 5.41. The Bertz CT molecular complexity index is 454. The van der Waals surface area contributed by atoms with E-state index < -0.39 is 5.97 Å². The van der Waals surface area contributed by atoms with Gasteiger partial charge < -0.3 is 15.3 Å². The number of nitrogens with zero attached hydrogens (tertiary/aromatic N) is 2. The van der Waals surface area contributed by atoms with Gasteiger partial charge in [0.05, 0.1) is 5.69 Å². The highest BCUT2D eigenvalue weighted by atomic mass is 16.4. The van der Waals surface area contributed by atoms with Gasteiger partial charge in [0, 0.05) is 24.5 Å². The van der Waals surface area contributed by atoms with E-state index >= 15 is 0 Å². The maximum absolute atomic E-state index is 11.1. The summed E-state index contributed by atoms with van der Waals surface area (Å²) < 4.78 is 0. The zero-order valence-electron chi connectivity index (χ0n) is 11.5. The van der Waals surface area contributed by atoms with Crippen LogP contribution in [0.25, 0.3) is 0 Å². The van der Waals surface area contributed by atoms with Crippen molar-refractivity contribution in [2.75, 3.05) is 26.0 Å². The van der Waals surface area contributed by atoms with Gasteiger partial charge in [-0.3, -0.25) is 4.98 Å². The maximum atomic E-state index is 11.1. The van der Waals surface area contributed by atoms with E-state index in [0.29, 0.717) is 5.69 Å². The molecule has 1 fully saturated rings. The lowest BCUT2D eigenvalue weighted by molar-refractivity contribution is 0.0697. The molecule has 104 valence electrons. The molecule has 1 aromatic heterocycles. The maximum Gasteiger partial charge on any atom is 0.339 e. The van der Waals surface area contributed by atoms with Crippen molar-refractivity contribution >= 4 is 11.7 Å². The van der Waals surface area contributed by atoms with E-state index in [4.69, 9.17) is 5.11 Å². The Labute approximate surface area is 113 Å². The van der Waals surface area contributed by atoms with Crippen molar-refractivity contribution in [1.29, 1.82) is 0 Å². The van der Waals surface area contributed by atoms with Crippen LogP contribution in [0.3, 0.4) is 0 Å². The van der Waals surface area contributed by atoms with E-state index in [9.17, 15) is 4.79 Å². The van der Waals surface area contributed by atoms with Gasteiger partial charge in [0.25, 0.3) is 0 Å². The fraction of sp³-hybridized carbons (Fsp3) is 0.571. The van der Waals surface area contributed by atoms with Crippen molar-refractivity contribution < 1.29 is 9.90 Å². The van der Waals surface area contributed by atoms with Gasteiger partial charge in [-0.05, 0) is 33.0 Å². The molecule has 0 bridgehead atoms. The fourth-order valence-electron chi connectivity index (χ4n) is 2.79. The third kappa shape index (κ3) is 2.87. The number of hydrogen-bond acceptors (Lipinski definition) is 4. The summed E-state index contributed by atoms with van der Waals surface area (Å²) in [4.78, 5) is 17.3. The summed E-state index contributed by atoms with van der Waals surface area (Å²) in [6.07, 6.45) is 7.79. The number of likely N-dealkylation sites (N-methyl/N-ethyl adjacent to an activating group) is 1. The lowest BCUT2D eigenvalue weighted by Gasteiger charge is -2.37. The van der Waals surface area contributed by atoms with Crippen LogP contribution in [-0.2, 0) is 0 Å². The lowest BCUT2D eigenvalue weighted by Crippen LogP contribution is -2.47. The number of pyridine rings is 1. The summed E-state index contributed by atoms with van der Waals surface area (Å²) in [5.74, 6) is -0.944. The molecular formula is C14H21N3O2. The molecular weight excluding hydrogens is 242 g/mol. The predicted molar refractivity (Wildman–Crippen MR) is 74.6 cm³/mol. The van der Waals surface area contributed by atoms with Gasteiger partial charge in [0.15, 0.2) is 0 Å². The third-order valence-electron chi connectivity index (χ3n) is 4.14. The van der Waals surface area contributed by atoms with Crippen molar-refractivity contribution in [3.8, 4) is 0 Å². The predicted octanol–water partition coefficient (Wildman–Crippen LogP) is 2.07. The third-order valence-corrected chi connectivity index (χ3v) is 4.14. The Morgan fingerprint density at radius 3 is 2.74 bits per heavy atom. The lowest BCUT2D eigenvalue weighted by atomic mass is 9.96. The number of aromatic carboxylic acids is 1. The van der Waals surface area contributed by atoms with Gasteiger partial charge in [0.2, 0.25) is 0 Å². The van der Waals surface area contributed by atoms with Crippen molar-refractivity contribution in [2.45, 2.75) is 31.2 Å². The molecule has 0 amide bonds. The number of rotatable bonds is 5. The van der Waals surface area contributed by atoms with E-state index in [1.165, 1.54) is 19.0 Å². The Balaban J connectivity index is 2.12. The molecule has 0 unspecified atom stereocenters. The van der Waals surface area contributed by atoms with Gasteiger partial charge in [-0.2, -0.15) is 0 Å². The average molecular weight is 263 g/mol. The van der Waals surface area contributed by atoms with Gasteiger partial charge in [0.1, 0.15) is 5.56 Å². The SMILES string of the molecule is CN(C)C1(CNc2ccncc2C(=O)O)CCCC1. The minimum absolute atomic E-state index is 0.138. The second kappa shape index (κ2) is 5.57. The van der Waals surface area contributed by atoms with Crippen LogP contribution in [0.4, 0.5) is 5.69 Å². The van der Waals surface area contributed by atoms with Crippen LogP contribution in [0.5, 0.6) is 0 Å². The number of carboxylic acids is 1. The van der Waals surface area contributed by atoms with Crippen LogP contribution in [0.2, 0.25) is 0 Å². The number of carboxylic acid groups (broad SMARTS) is 1. The Hall–Kier alpha value is -1.62. The highest BCUT2D eigenvalue weighted by Crippen LogP contribution is 2.34. The molecule has 0 aliphatic heterocycles. The molecule has 19 heavy (non-hydrogen) atoms. The molecule has 0 saturated heterocycles.